The van der Waals surface area contributed by atoms with Crippen LogP contribution in [0.2, 0.25) is 0 Å². The van der Waals surface area contributed by atoms with E-state index < -0.39 is 0 Å². The first kappa shape index (κ1) is 24.2. The number of aromatic nitrogens is 8. The van der Waals surface area contributed by atoms with E-state index in [0.29, 0.717) is 18.0 Å². The van der Waals surface area contributed by atoms with Crippen molar-refractivity contribution in [1.29, 1.82) is 0 Å². The highest BCUT2D eigenvalue weighted by Gasteiger charge is 2.18. The van der Waals surface area contributed by atoms with Crippen molar-refractivity contribution in [2.24, 2.45) is 5.92 Å². The standard InChI is InChI=1S/C30H29N9O/c1-18-16-39(17-34-18)28-15-32-13-26-22(28)9-25(36-26)30-23-10-24(33-14-27(23)37-38-30)20-8-21(12-31-11-20)35-29(40)7-19-5-3-2-4-6-19/h8-17,19,36H,2-7H2,1H3,(H,35,40)(H,37,38). The summed E-state index contributed by atoms with van der Waals surface area (Å²) in [7, 11) is 0. The number of anilines is 1. The zero-order valence-corrected chi connectivity index (χ0v) is 22.2. The van der Waals surface area contributed by atoms with Crippen LogP contribution in [-0.4, -0.2) is 45.6 Å². The molecule has 10 heteroatoms. The van der Waals surface area contributed by atoms with Crippen molar-refractivity contribution in [1.82, 2.24) is 39.7 Å². The zero-order chi connectivity index (χ0) is 27.1. The average Bonchev–Trinajstić information content (AvgIpc) is 3.71. The fourth-order valence-corrected chi connectivity index (χ4v) is 5.72. The molecule has 1 aliphatic rings. The molecule has 0 aliphatic heterocycles. The predicted molar refractivity (Wildman–Crippen MR) is 154 cm³/mol. The largest absolute Gasteiger partial charge is 0.352 e. The van der Waals surface area contributed by atoms with Crippen LogP contribution in [0, 0.1) is 12.8 Å². The number of amides is 1. The molecule has 0 saturated heterocycles. The second-order valence-corrected chi connectivity index (χ2v) is 10.6. The van der Waals surface area contributed by atoms with Gasteiger partial charge in [0, 0.05) is 35.2 Å². The minimum absolute atomic E-state index is 0.0462. The number of hydrogen-bond acceptors (Lipinski definition) is 6. The summed E-state index contributed by atoms with van der Waals surface area (Å²) < 4.78 is 1.97. The Kier molecular flexibility index (Phi) is 6.07. The van der Waals surface area contributed by atoms with Crippen LogP contribution in [0.15, 0.2) is 61.7 Å². The summed E-state index contributed by atoms with van der Waals surface area (Å²) in [5.41, 5.74) is 7.51. The smallest absolute Gasteiger partial charge is 0.224 e. The molecule has 0 atom stereocenters. The molecule has 0 unspecified atom stereocenters. The summed E-state index contributed by atoms with van der Waals surface area (Å²) in [5.74, 6) is 0.527. The fraction of sp³-hybridized carbons (Fsp3) is 0.267. The molecule has 1 aliphatic carbocycles. The quantitative estimate of drug-likeness (QED) is 0.243. The van der Waals surface area contributed by atoms with Gasteiger partial charge >= 0.3 is 0 Å². The normalized spacial score (nSPS) is 14.2. The Labute approximate surface area is 230 Å². The van der Waals surface area contributed by atoms with Crippen molar-refractivity contribution in [3.05, 3.63) is 67.4 Å². The summed E-state index contributed by atoms with van der Waals surface area (Å²) in [4.78, 5) is 33.9. The number of nitrogens with one attached hydrogen (secondary N) is 3. The lowest BCUT2D eigenvalue weighted by molar-refractivity contribution is -0.117. The van der Waals surface area contributed by atoms with Crippen LogP contribution in [-0.2, 0) is 4.79 Å². The van der Waals surface area contributed by atoms with Gasteiger partial charge in [0.2, 0.25) is 5.91 Å². The molecule has 200 valence electrons. The maximum Gasteiger partial charge on any atom is 0.224 e. The van der Waals surface area contributed by atoms with Crippen molar-refractivity contribution < 1.29 is 4.79 Å². The van der Waals surface area contributed by atoms with Gasteiger partial charge in [-0.05, 0) is 43.9 Å². The molecular formula is C30H29N9O. The average molecular weight is 532 g/mol. The minimum Gasteiger partial charge on any atom is -0.352 e. The molecular weight excluding hydrogens is 502 g/mol. The van der Waals surface area contributed by atoms with E-state index in [4.69, 9.17) is 0 Å². The van der Waals surface area contributed by atoms with E-state index in [-0.39, 0.29) is 5.91 Å². The topological polar surface area (TPSA) is 130 Å². The van der Waals surface area contributed by atoms with Crippen molar-refractivity contribution in [2.75, 3.05) is 5.32 Å². The first-order valence-corrected chi connectivity index (χ1v) is 13.7. The Morgan fingerprint density at radius 2 is 1.85 bits per heavy atom. The van der Waals surface area contributed by atoms with Crippen molar-refractivity contribution in [3.63, 3.8) is 0 Å². The van der Waals surface area contributed by atoms with Gasteiger partial charge < -0.3 is 14.9 Å². The van der Waals surface area contributed by atoms with E-state index in [9.17, 15) is 4.79 Å². The number of carbonyl (C=O) groups excluding carboxylic acids is 1. The number of nitrogens with zero attached hydrogens (tertiary/aromatic N) is 6. The lowest BCUT2D eigenvalue weighted by Gasteiger charge is -2.20. The number of hydrogen-bond donors (Lipinski definition) is 3. The number of pyridine rings is 3. The maximum absolute atomic E-state index is 12.7. The Hall–Kier alpha value is -4.86. The van der Waals surface area contributed by atoms with E-state index in [1.165, 1.54) is 19.3 Å². The Bertz CT molecular complexity index is 1840. The monoisotopic (exact) mass is 531 g/mol. The van der Waals surface area contributed by atoms with Gasteiger partial charge in [0.05, 0.1) is 70.6 Å². The highest BCUT2D eigenvalue weighted by atomic mass is 16.1. The Balaban J connectivity index is 1.19. The lowest BCUT2D eigenvalue weighted by Crippen LogP contribution is -2.18. The van der Waals surface area contributed by atoms with Gasteiger partial charge in [-0.3, -0.25) is 24.8 Å². The fourth-order valence-electron chi connectivity index (χ4n) is 5.72. The molecule has 10 nitrogen and oxygen atoms in total. The molecule has 7 rings (SSSR count). The van der Waals surface area contributed by atoms with Gasteiger partial charge in [-0.25, -0.2) is 4.98 Å². The molecule has 6 heterocycles. The third-order valence-electron chi connectivity index (χ3n) is 7.73. The molecule has 0 radical (unpaired) electrons. The zero-order valence-electron chi connectivity index (χ0n) is 22.2. The molecule has 0 spiro atoms. The van der Waals surface area contributed by atoms with Crippen LogP contribution in [0.4, 0.5) is 5.69 Å². The third-order valence-corrected chi connectivity index (χ3v) is 7.73. The Morgan fingerprint density at radius 1 is 0.975 bits per heavy atom. The summed E-state index contributed by atoms with van der Waals surface area (Å²) in [6.45, 7) is 1.96. The number of H-pyrrole nitrogens is 2. The molecule has 0 aromatic carbocycles. The molecule has 1 amide bonds. The van der Waals surface area contributed by atoms with Crippen LogP contribution in [0.5, 0.6) is 0 Å². The minimum atomic E-state index is 0.0462. The first-order valence-electron chi connectivity index (χ1n) is 13.7. The van der Waals surface area contributed by atoms with Crippen molar-refractivity contribution in [2.45, 2.75) is 45.4 Å². The summed E-state index contributed by atoms with van der Waals surface area (Å²) in [6, 6.07) is 6.01. The highest BCUT2D eigenvalue weighted by molar-refractivity contribution is 5.98. The number of rotatable bonds is 6. The van der Waals surface area contributed by atoms with Gasteiger partial charge in [0.25, 0.3) is 0 Å². The van der Waals surface area contributed by atoms with Crippen LogP contribution < -0.4 is 5.32 Å². The van der Waals surface area contributed by atoms with E-state index in [0.717, 1.165) is 68.7 Å². The molecule has 1 saturated carbocycles. The number of aryl methyl sites for hydroxylation is 1. The molecule has 1 fully saturated rings. The second-order valence-electron chi connectivity index (χ2n) is 10.6. The lowest BCUT2D eigenvalue weighted by atomic mass is 9.87. The molecule has 6 aromatic heterocycles. The number of imidazole rings is 1. The van der Waals surface area contributed by atoms with Crippen molar-refractivity contribution in [3.8, 4) is 28.3 Å². The van der Waals surface area contributed by atoms with Crippen molar-refractivity contribution >= 4 is 33.4 Å². The van der Waals surface area contributed by atoms with Crippen LogP contribution >= 0.6 is 0 Å². The number of carbonyl (C=O) groups is 1. The summed E-state index contributed by atoms with van der Waals surface area (Å²) in [5, 5.41) is 12.7. The van der Waals surface area contributed by atoms with Gasteiger partial charge in [-0.2, -0.15) is 5.10 Å². The van der Waals surface area contributed by atoms with Gasteiger partial charge in [0.1, 0.15) is 5.69 Å². The number of fused-ring (bicyclic) bond motifs is 2. The van der Waals surface area contributed by atoms with E-state index in [1.807, 2.05) is 42.2 Å². The summed E-state index contributed by atoms with van der Waals surface area (Å²) >= 11 is 0. The van der Waals surface area contributed by atoms with Crippen LogP contribution in [0.1, 0.15) is 44.2 Å². The third kappa shape index (κ3) is 4.61. The van der Waals surface area contributed by atoms with Gasteiger partial charge in [-0.1, -0.05) is 19.3 Å². The van der Waals surface area contributed by atoms with E-state index in [1.54, 1.807) is 24.9 Å². The summed E-state index contributed by atoms with van der Waals surface area (Å²) in [6.07, 6.45) is 19.2. The number of aromatic amines is 2. The molecule has 40 heavy (non-hydrogen) atoms. The molecule has 3 N–H and O–H groups in total. The molecule has 6 aromatic rings. The van der Waals surface area contributed by atoms with Crippen LogP contribution in [0.25, 0.3) is 50.1 Å². The SMILES string of the molecule is Cc1cn(-c2cncc3[nH]c(-c4n[nH]c5cnc(-c6cncc(NC(=O)CC7CCCCC7)c6)cc45)cc23)cn1. The van der Waals surface area contributed by atoms with Gasteiger partial charge in [0.15, 0.2) is 0 Å². The first-order chi connectivity index (χ1) is 19.6. The molecule has 0 bridgehead atoms. The van der Waals surface area contributed by atoms with Crippen LogP contribution in [0.3, 0.4) is 0 Å². The predicted octanol–water partition coefficient (Wildman–Crippen LogP) is 5.97. The highest BCUT2D eigenvalue weighted by Crippen LogP contribution is 2.33. The second kappa shape index (κ2) is 10.0. The van der Waals surface area contributed by atoms with E-state index in [2.05, 4.69) is 46.5 Å². The van der Waals surface area contributed by atoms with Gasteiger partial charge in [-0.15, -0.1) is 0 Å². The maximum atomic E-state index is 12.7. The van der Waals surface area contributed by atoms with E-state index >= 15 is 0 Å². The Morgan fingerprint density at radius 3 is 2.70 bits per heavy atom.